The standard InChI is InChI=1S/C15H14BrClF2N2/c1-8(2)3-12-14(16)15(17)21-13(20-12)6-9-4-10(18)7-11(19)5-9/h4-5,7-8H,3,6H2,1-2H3. The first-order valence-electron chi connectivity index (χ1n) is 6.51. The Kier molecular flexibility index (Phi) is 5.27. The number of halogens is 4. The minimum Gasteiger partial charge on any atom is -0.236 e. The van der Waals surface area contributed by atoms with Gasteiger partial charge in [0.15, 0.2) is 0 Å². The van der Waals surface area contributed by atoms with Crippen LogP contribution in [0.4, 0.5) is 8.78 Å². The van der Waals surface area contributed by atoms with Crippen LogP contribution in [0, 0.1) is 17.6 Å². The molecule has 2 nitrogen and oxygen atoms in total. The predicted octanol–water partition coefficient (Wildman–Crippen LogP) is 4.96. The Labute approximate surface area is 135 Å². The van der Waals surface area contributed by atoms with Gasteiger partial charge in [-0.05, 0) is 46.0 Å². The lowest BCUT2D eigenvalue weighted by atomic mass is 10.1. The fourth-order valence-electron chi connectivity index (χ4n) is 2.01. The Bertz CT molecular complexity index is 642. The first kappa shape index (κ1) is 16.3. The molecule has 0 saturated heterocycles. The van der Waals surface area contributed by atoms with Crippen LogP contribution in [0.1, 0.15) is 30.9 Å². The molecule has 0 aliphatic heterocycles. The molecule has 1 aromatic carbocycles. The topological polar surface area (TPSA) is 25.8 Å². The molecule has 0 aliphatic rings. The maximum Gasteiger partial charge on any atom is 0.147 e. The van der Waals surface area contributed by atoms with Crippen molar-refractivity contribution in [3.05, 3.63) is 56.5 Å². The maximum atomic E-state index is 13.2. The normalized spacial score (nSPS) is 11.2. The van der Waals surface area contributed by atoms with Gasteiger partial charge in [0.25, 0.3) is 0 Å². The molecule has 0 radical (unpaired) electrons. The quantitative estimate of drug-likeness (QED) is 0.706. The van der Waals surface area contributed by atoms with Crippen LogP contribution in [0.25, 0.3) is 0 Å². The van der Waals surface area contributed by atoms with Crippen LogP contribution in [-0.2, 0) is 12.8 Å². The molecule has 0 amide bonds. The molecule has 0 saturated carbocycles. The lowest BCUT2D eigenvalue weighted by molar-refractivity contribution is 0.580. The summed E-state index contributed by atoms with van der Waals surface area (Å²) in [6, 6.07) is 3.37. The number of hydrogen-bond donors (Lipinski definition) is 0. The van der Waals surface area contributed by atoms with Gasteiger partial charge in [-0.1, -0.05) is 25.4 Å². The molecule has 0 unspecified atom stereocenters. The van der Waals surface area contributed by atoms with Crippen molar-refractivity contribution in [1.82, 2.24) is 9.97 Å². The van der Waals surface area contributed by atoms with Crippen LogP contribution in [0.2, 0.25) is 5.15 Å². The summed E-state index contributed by atoms with van der Waals surface area (Å²) in [5.74, 6) is -0.373. The van der Waals surface area contributed by atoms with Crippen molar-refractivity contribution < 1.29 is 8.78 Å². The lowest BCUT2D eigenvalue weighted by Gasteiger charge is -2.10. The number of hydrogen-bond acceptors (Lipinski definition) is 2. The second-order valence-electron chi connectivity index (χ2n) is 5.24. The molecule has 0 bridgehead atoms. The van der Waals surface area contributed by atoms with Gasteiger partial charge < -0.3 is 0 Å². The molecule has 0 aliphatic carbocycles. The minimum absolute atomic E-state index is 0.229. The smallest absolute Gasteiger partial charge is 0.147 e. The van der Waals surface area contributed by atoms with Gasteiger partial charge in [-0.3, -0.25) is 0 Å². The highest BCUT2D eigenvalue weighted by molar-refractivity contribution is 9.10. The lowest BCUT2D eigenvalue weighted by Crippen LogP contribution is -2.06. The zero-order valence-electron chi connectivity index (χ0n) is 11.6. The number of benzene rings is 1. The van der Waals surface area contributed by atoms with Gasteiger partial charge in [0, 0.05) is 12.5 Å². The predicted molar refractivity (Wildman–Crippen MR) is 82.4 cm³/mol. The molecular formula is C15H14BrClF2N2. The second kappa shape index (κ2) is 6.79. The van der Waals surface area contributed by atoms with E-state index in [1.54, 1.807) is 0 Å². The van der Waals surface area contributed by atoms with Crippen molar-refractivity contribution in [3.63, 3.8) is 0 Å². The molecule has 0 fully saturated rings. The van der Waals surface area contributed by atoms with E-state index in [0.717, 1.165) is 18.2 Å². The van der Waals surface area contributed by atoms with Crippen LogP contribution in [0.5, 0.6) is 0 Å². The minimum atomic E-state index is -0.615. The van der Waals surface area contributed by atoms with Gasteiger partial charge in [-0.25, -0.2) is 18.7 Å². The van der Waals surface area contributed by atoms with E-state index >= 15 is 0 Å². The zero-order valence-corrected chi connectivity index (χ0v) is 14.0. The van der Waals surface area contributed by atoms with Gasteiger partial charge in [-0.15, -0.1) is 0 Å². The van der Waals surface area contributed by atoms with E-state index in [1.807, 2.05) is 0 Å². The Morgan fingerprint density at radius 3 is 2.33 bits per heavy atom. The molecule has 0 atom stereocenters. The summed E-state index contributed by atoms with van der Waals surface area (Å²) in [6.07, 6.45) is 0.972. The molecule has 2 rings (SSSR count). The monoisotopic (exact) mass is 374 g/mol. The van der Waals surface area contributed by atoms with Crippen molar-refractivity contribution in [2.45, 2.75) is 26.7 Å². The van der Waals surface area contributed by atoms with Gasteiger partial charge >= 0.3 is 0 Å². The maximum absolute atomic E-state index is 13.2. The third-order valence-electron chi connectivity index (χ3n) is 2.81. The third kappa shape index (κ3) is 4.45. The van der Waals surface area contributed by atoms with Gasteiger partial charge in [0.1, 0.15) is 22.6 Å². The van der Waals surface area contributed by atoms with E-state index < -0.39 is 11.6 Å². The highest BCUT2D eigenvalue weighted by atomic mass is 79.9. The summed E-state index contributed by atoms with van der Waals surface area (Å²) in [6.45, 7) is 4.15. The van der Waals surface area contributed by atoms with Crippen LogP contribution in [-0.4, -0.2) is 9.97 Å². The Hall–Kier alpha value is -1.07. The van der Waals surface area contributed by atoms with Crippen molar-refractivity contribution in [1.29, 1.82) is 0 Å². The molecule has 0 spiro atoms. The average Bonchev–Trinajstić information content (AvgIpc) is 2.33. The first-order chi connectivity index (χ1) is 9.85. The molecule has 1 aromatic heterocycles. The Balaban J connectivity index is 2.33. The average molecular weight is 376 g/mol. The van der Waals surface area contributed by atoms with E-state index in [4.69, 9.17) is 11.6 Å². The first-order valence-corrected chi connectivity index (χ1v) is 7.68. The number of aromatic nitrogens is 2. The summed E-state index contributed by atoms with van der Waals surface area (Å²) in [4.78, 5) is 8.60. The fourth-order valence-corrected chi connectivity index (χ4v) is 2.55. The van der Waals surface area contributed by atoms with Gasteiger partial charge in [0.2, 0.25) is 0 Å². The van der Waals surface area contributed by atoms with Crippen molar-refractivity contribution in [2.75, 3.05) is 0 Å². The van der Waals surface area contributed by atoms with E-state index in [0.29, 0.717) is 26.9 Å². The van der Waals surface area contributed by atoms with Crippen molar-refractivity contribution in [2.24, 2.45) is 5.92 Å². The second-order valence-corrected chi connectivity index (χ2v) is 6.39. The molecule has 2 aromatic rings. The number of rotatable bonds is 4. The van der Waals surface area contributed by atoms with Crippen molar-refractivity contribution >= 4 is 27.5 Å². The summed E-state index contributed by atoms with van der Waals surface area (Å²) in [7, 11) is 0. The van der Waals surface area contributed by atoms with Crippen molar-refractivity contribution in [3.8, 4) is 0 Å². The van der Waals surface area contributed by atoms with Crippen LogP contribution in [0.15, 0.2) is 22.7 Å². The van der Waals surface area contributed by atoms with E-state index in [1.165, 1.54) is 12.1 Å². The third-order valence-corrected chi connectivity index (χ3v) is 4.15. The van der Waals surface area contributed by atoms with Gasteiger partial charge in [-0.2, -0.15) is 0 Å². The zero-order chi connectivity index (χ0) is 15.6. The highest BCUT2D eigenvalue weighted by Gasteiger charge is 2.13. The summed E-state index contributed by atoms with van der Waals surface area (Å²) in [5.41, 5.74) is 1.28. The van der Waals surface area contributed by atoms with Crippen LogP contribution in [0.3, 0.4) is 0 Å². The number of nitrogens with zero attached hydrogens (tertiary/aromatic N) is 2. The Morgan fingerprint density at radius 1 is 1.14 bits per heavy atom. The molecule has 1 heterocycles. The van der Waals surface area contributed by atoms with Crippen LogP contribution < -0.4 is 0 Å². The summed E-state index contributed by atoms with van der Waals surface area (Å²) < 4.78 is 27.1. The van der Waals surface area contributed by atoms with E-state index in [-0.39, 0.29) is 6.42 Å². The fraction of sp³-hybridized carbons (Fsp3) is 0.333. The van der Waals surface area contributed by atoms with E-state index in [9.17, 15) is 8.78 Å². The SMILES string of the molecule is CC(C)Cc1nc(Cc2cc(F)cc(F)c2)nc(Cl)c1Br. The molecule has 6 heteroatoms. The summed E-state index contributed by atoms with van der Waals surface area (Å²) in [5, 5.41) is 0.313. The molecule has 112 valence electrons. The summed E-state index contributed by atoms with van der Waals surface area (Å²) >= 11 is 9.46. The van der Waals surface area contributed by atoms with Crippen LogP contribution >= 0.6 is 27.5 Å². The molecule has 0 N–H and O–H groups in total. The molecular weight excluding hydrogens is 362 g/mol. The highest BCUT2D eigenvalue weighted by Crippen LogP contribution is 2.26. The van der Waals surface area contributed by atoms with E-state index in [2.05, 4.69) is 39.7 Å². The van der Waals surface area contributed by atoms with Gasteiger partial charge in [0.05, 0.1) is 10.2 Å². The Morgan fingerprint density at radius 2 is 1.76 bits per heavy atom. The largest absolute Gasteiger partial charge is 0.236 e. The molecule has 21 heavy (non-hydrogen) atoms.